The Morgan fingerprint density at radius 3 is 1.45 bits per heavy atom. The molecule has 1 rings (SSSR count). The van der Waals surface area contributed by atoms with Gasteiger partial charge in [0.1, 0.15) is 0 Å². The third kappa shape index (κ3) is 4.64. The van der Waals surface area contributed by atoms with Crippen molar-refractivity contribution in [1.82, 2.24) is 9.80 Å². The van der Waals surface area contributed by atoms with E-state index < -0.39 is 0 Å². The van der Waals surface area contributed by atoms with Crippen LogP contribution in [0, 0.1) is 0 Å². The van der Waals surface area contributed by atoms with E-state index in [0.717, 1.165) is 0 Å². The van der Waals surface area contributed by atoms with Gasteiger partial charge in [0.25, 0.3) is 0 Å². The lowest BCUT2D eigenvalue weighted by molar-refractivity contribution is 0.213. The van der Waals surface area contributed by atoms with Crippen LogP contribution in [0.2, 0.25) is 0 Å². The second kappa shape index (κ2) is 8.06. The summed E-state index contributed by atoms with van der Waals surface area (Å²) in [6, 6.07) is 3.54. The van der Waals surface area contributed by atoms with Crippen LogP contribution < -0.4 is 0 Å². The fourth-order valence-electron chi connectivity index (χ4n) is 2.00. The van der Waals surface area contributed by atoms with E-state index in [1.165, 1.54) is 0 Å². The highest BCUT2D eigenvalue weighted by Gasteiger charge is 2.14. The van der Waals surface area contributed by atoms with Crippen molar-refractivity contribution < 1.29 is 20.4 Å². The molecular formula is C14H24N2O4. The van der Waals surface area contributed by atoms with Crippen molar-refractivity contribution in [3.05, 3.63) is 23.3 Å². The number of hydrogen-bond acceptors (Lipinski definition) is 6. The minimum atomic E-state index is -0.121. The highest BCUT2D eigenvalue weighted by Crippen LogP contribution is 2.33. The maximum absolute atomic E-state index is 10.0. The van der Waals surface area contributed by atoms with Gasteiger partial charge < -0.3 is 20.4 Å². The first-order valence-electron chi connectivity index (χ1n) is 6.61. The van der Waals surface area contributed by atoms with E-state index in [2.05, 4.69) is 0 Å². The van der Waals surface area contributed by atoms with E-state index >= 15 is 0 Å². The highest BCUT2D eigenvalue weighted by atomic mass is 16.3. The molecule has 0 spiro atoms. The summed E-state index contributed by atoms with van der Waals surface area (Å²) in [7, 11) is 3.66. The molecule has 6 heteroatoms. The number of rotatable bonds is 8. The minimum absolute atomic E-state index is 0.0489. The maximum Gasteiger partial charge on any atom is 0.162 e. The van der Waals surface area contributed by atoms with Gasteiger partial charge in [0.05, 0.1) is 13.2 Å². The van der Waals surface area contributed by atoms with Crippen molar-refractivity contribution in [2.24, 2.45) is 0 Å². The summed E-state index contributed by atoms with van der Waals surface area (Å²) >= 11 is 0. The van der Waals surface area contributed by atoms with Gasteiger partial charge in [-0.25, -0.2) is 0 Å². The molecule has 0 aromatic heterocycles. The van der Waals surface area contributed by atoms with Crippen LogP contribution in [0.15, 0.2) is 12.1 Å². The number of aromatic hydroxyl groups is 2. The van der Waals surface area contributed by atoms with Crippen LogP contribution in [0.3, 0.4) is 0 Å². The number of benzene rings is 1. The largest absolute Gasteiger partial charge is 0.504 e. The molecule has 0 atom stereocenters. The van der Waals surface area contributed by atoms with E-state index in [4.69, 9.17) is 10.2 Å². The molecule has 1 aromatic carbocycles. The standard InChI is InChI=1S/C14H24N2O4/c1-15(5-7-17)9-11-3-4-12(14(20)13(11)19)10-16(2)6-8-18/h3-4,17-20H,5-10H2,1-2H3. The molecule has 4 N–H and O–H groups in total. The molecule has 0 saturated heterocycles. The predicted octanol–water partition coefficient (Wildman–Crippen LogP) is -0.0540. The topological polar surface area (TPSA) is 87.4 Å². The molecule has 0 heterocycles. The van der Waals surface area contributed by atoms with E-state index in [9.17, 15) is 10.2 Å². The Morgan fingerprint density at radius 2 is 1.15 bits per heavy atom. The summed E-state index contributed by atoms with van der Waals surface area (Å²) in [5.74, 6) is -0.241. The van der Waals surface area contributed by atoms with Gasteiger partial charge in [-0.1, -0.05) is 12.1 Å². The number of hydrogen-bond donors (Lipinski definition) is 4. The van der Waals surface area contributed by atoms with Gasteiger partial charge in [0.2, 0.25) is 0 Å². The van der Waals surface area contributed by atoms with Crippen LogP contribution in [-0.4, -0.2) is 70.6 Å². The summed E-state index contributed by atoms with van der Waals surface area (Å²) in [4.78, 5) is 3.71. The highest BCUT2D eigenvalue weighted by molar-refractivity contribution is 5.50. The Balaban J connectivity index is 2.81. The number of phenolic OH excluding ortho intramolecular Hbond substituents is 2. The number of phenols is 2. The average molecular weight is 284 g/mol. The summed E-state index contributed by atoms with van der Waals surface area (Å²) in [6.45, 7) is 2.00. The smallest absolute Gasteiger partial charge is 0.162 e. The minimum Gasteiger partial charge on any atom is -0.504 e. The summed E-state index contributed by atoms with van der Waals surface area (Å²) in [5.41, 5.74) is 1.24. The summed E-state index contributed by atoms with van der Waals surface area (Å²) in [5, 5.41) is 37.8. The molecule has 1 aromatic rings. The van der Waals surface area contributed by atoms with Gasteiger partial charge >= 0.3 is 0 Å². The Kier molecular flexibility index (Phi) is 6.74. The Labute approximate surface area is 119 Å². The number of aliphatic hydroxyl groups excluding tert-OH is 2. The van der Waals surface area contributed by atoms with Gasteiger partial charge in [0.15, 0.2) is 11.5 Å². The number of likely N-dealkylation sites (N-methyl/N-ethyl adjacent to an activating group) is 2. The first-order valence-corrected chi connectivity index (χ1v) is 6.61. The van der Waals surface area contributed by atoms with Crippen LogP contribution in [0.25, 0.3) is 0 Å². The van der Waals surface area contributed by atoms with Crippen molar-refractivity contribution in [2.45, 2.75) is 13.1 Å². The van der Waals surface area contributed by atoms with Crippen LogP contribution in [-0.2, 0) is 13.1 Å². The molecule has 0 aliphatic heterocycles. The molecule has 0 saturated carbocycles. The maximum atomic E-state index is 10.0. The van der Waals surface area contributed by atoms with E-state index in [0.29, 0.717) is 37.3 Å². The second-order valence-corrected chi connectivity index (χ2v) is 5.00. The molecule has 0 radical (unpaired) electrons. The van der Waals surface area contributed by atoms with Crippen molar-refractivity contribution in [3.8, 4) is 11.5 Å². The van der Waals surface area contributed by atoms with E-state index in [1.54, 1.807) is 12.1 Å². The third-order valence-electron chi connectivity index (χ3n) is 3.16. The SMILES string of the molecule is CN(CCO)Cc1ccc(CN(C)CCO)c(O)c1O. The molecule has 0 bridgehead atoms. The predicted molar refractivity (Wildman–Crippen MR) is 76.6 cm³/mol. The second-order valence-electron chi connectivity index (χ2n) is 5.00. The lowest BCUT2D eigenvalue weighted by atomic mass is 10.1. The summed E-state index contributed by atoms with van der Waals surface area (Å²) < 4.78 is 0. The van der Waals surface area contributed by atoms with Crippen LogP contribution >= 0.6 is 0 Å². The average Bonchev–Trinajstić information content (AvgIpc) is 2.39. The monoisotopic (exact) mass is 284 g/mol. The van der Waals surface area contributed by atoms with E-state index in [-0.39, 0.29) is 24.7 Å². The fraction of sp³-hybridized carbons (Fsp3) is 0.571. The molecular weight excluding hydrogens is 260 g/mol. The summed E-state index contributed by atoms with van der Waals surface area (Å²) in [6.07, 6.45) is 0. The van der Waals surface area contributed by atoms with Crippen molar-refractivity contribution in [3.63, 3.8) is 0 Å². The third-order valence-corrected chi connectivity index (χ3v) is 3.16. The number of nitrogens with zero attached hydrogens (tertiary/aromatic N) is 2. The van der Waals surface area contributed by atoms with Crippen molar-refractivity contribution >= 4 is 0 Å². The number of aliphatic hydroxyl groups is 2. The zero-order valence-electron chi connectivity index (χ0n) is 12.1. The molecule has 20 heavy (non-hydrogen) atoms. The van der Waals surface area contributed by atoms with Gasteiger partial charge in [-0.05, 0) is 14.1 Å². The van der Waals surface area contributed by atoms with Crippen LogP contribution in [0.1, 0.15) is 11.1 Å². The van der Waals surface area contributed by atoms with Crippen LogP contribution in [0.4, 0.5) is 0 Å². The lowest BCUT2D eigenvalue weighted by Gasteiger charge is -2.19. The van der Waals surface area contributed by atoms with Gasteiger partial charge in [0, 0.05) is 37.3 Å². The van der Waals surface area contributed by atoms with Gasteiger partial charge in [-0.2, -0.15) is 0 Å². The zero-order valence-corrected chi connectivity index (χ0v) is 12.1. The Bertz CT molecular complexity index is 387. The van der Waals surface area contributed by atoms with Crippen molar-refractivity contribution in [2.75, 3.05) is 40.4 Å². The van der Waals surface area contributed by atoms with Gasteiger partial charge in [-0.3, -0.25) is 9.80 Å². The molecule has 0 unspecified atom stereocenters. The lowest BCUT2D eigenvalue weighted by Crippen LogP contribution is -2.22. The molecule has 0 aliphatic rings. The molecule has 6 nitrogen and oxygen atoms in total. The van der Waals surface area contributed by atoms with Crippen molar-refractivity contribution in [1.29, 1.82) is 0 Å². The Hall–Kier alpha value is -1.34. The molecule has 0 amide bonds. The molecule has 114 valence electrons. The first kappa shape index (κ1) is 16.7. The van der Waals surface area contributed by atoms with Gasteiger partial charge in [-0.15, -0.1) is 0 Å². The van der Waals surface area contributed by atoms with Crippen LogP contribution in [0.5, 0.6) is 11.5 Å². The zero-order chi connectivity index (χ0) is 15.1. The first-order chi connectivity index (χ1) is 9.49. The normalized spacial score (nSPS) is 11.5. The Morgan fingerprint density at radius 1 is 0.800 bits per heavy atom. The molecule has 0 aliphatic carbocycles. The fourth-order valence-corrected chi connectivity index (χ4v) is 2.00. The van der Waals surface area contributed by atoms with E-state index in [1.807, 2.05) is 23.9 Å². The molecule has 0 fully saturated rings. The quantitative estimate of drug-likeness (QED) is 0.501.